The SMILES string of the molecule is CCc1ccc(-c2nc(CSc3nnc4n(CCCOC)c(=O)c5ccccc5n34)cs2)cc1. The molecule has 34 heavy (non-hydrogen) atoms. The second-order valence-electron chi connectivity index (χ2n) is 7.92. The lowest BCUT2D eigenvalue weighted by molar-refractivity contribution is 0.190. The fourth-order valence-electron chi connectivity index (χ4n) is 3.92. The highest BCUT2D eigenvalue weighted by molar-refractivity contribution is 7.98. The smallest absolute Gasteiger partial charge is 0.262 e. The number of aryl methyl sites for hydroxylation is 2. The molecule has 5 rings (SSSR count). The van der Waals surface area contributed by atoms with E-state index in [4.69, 9.17) is 9.72 Å². The Hall–Kier alpha value is -3.01. The number of benzene rings is 2. The summed E-state index contributed by atoms with van der Waals surface area (Å²) in [6, 6.07) is 16.2. The first-order chi connectivity index (χ1) is 16.7. The van der Waals surface area contributed by atoms with Gasteiger partial charge in [0.05, 0.1) is 16.6 Å². The van der Waals surface area contributed by atoms with Crippen LogP contribution in [-0.2, 0) is 23.5 Å². The number of methoxy groups -OCH3 is 1. The van der Waals surface area contributed by atoms with Crippen molar-refractivity contribution in [1.82, 2.24) is 24.1 Å². The highest BCUT2D eigenvalue weighted by atomic mass is 32.2. The van der Waals surface area contributed by atoms with Crippen LogP contribution in [0.5, 0.6) is 0 Å². The second-order valence-corrected chi connectivity index (χ2v) is 9.72. The van der Waals surface area contributed by atoms with Crippen LogP contribution in [0.25, 0.3) is 27.3 Å². The molecule has 3 aromatic heterocycles. The number of hydrogen-bond donors (Lipinski definition) is 0. The van der Waals surface area contributed by atoms with Crippen LogP contribution >= 0.6 is 23.1 Å². The van der Waals surface area contributed by atoms with Gasteiger partial charge in [0, 0.05) is 37.0 Å². The van der Waals surface area contributed by atoms with Crippen LogP contribution in [0.2, 0.25) is 0 Å². The standard InChI is InChI=1S/C25H25N5O2S2/c1-3-17-9-11-18(12-10-17)22-26-19(15-33-22)16-34-25-28-27-24-29(13-6-14-32-2)23(31)20-7-4-5-8-21(20)30(24)25/h4-5,7-12,15H,3,6,13-14,16H2,1-2H3. The Morgan fingerprint density at radius 2 is 1.91 bits per heavy atom. The summed E-state index contributed by atoms with van der Waals surface area (Å²) in [4.78, 5) is 18.0. The first-order valence-corrected chi connectivity index (χ1v) is 13.1. The van der Waals surface area contributed by atoms with Crippen molar-refractivity contribution in [2.24, 2.45) is 0 Å². The van der Waals surface area contributed by atoms with Gasteiger partial charge in [-0.05, 0) is 30.5 Å². The van der Waals surface area contributed by atoms with Gasteiger partial charge in [-0.15, -0.1) is 21.5 Å². The Kier molecular flexibility index (Phi) is 6.75. The lowest BCUT2D eigenvalue weighted by Gasteiger charge is -2.11. The third-order valence-electron chi connectivity index (χ3n) is 5.72. The van der Waals surface area contributed by atoms with Crippen molar-refractivity contribution in [1.29, 1.82) is 0 Å². The van der Waals surface area contributed by atoms with Gasteiger partial charge in [-0.1, -0.05) is 55.1 Å². The van der Waals surface area contributed by atoms with E-state index in [-0.39, 0.29) is 5.56 Å². The van der Waals surface area contributed by atoms with E-state index in [2.05, 4.69) is 46.8 Å². The van der Waals surface area contributed by atoms with Gasteiger partial charge >= 0.3 is 0 Å². The lowest BCUT2D eigenvalue weighted by Crippen LogP contribution is -2.24. The zero-order chi connectivity index (χ0) is 23.5. The summed E-state index contributed by atoms with van der Waals surface area (Å²) in [5.41, 5.74) is 4.22. The first kappa shape index (κ1) is 22.8. The average molecular weight is 492 g/mol. The topological polar surface area (TPSA) is 74.3 Å². The monoisotopic (exact) mass is 491 g/mol. The number of hydrogen-bond acceptors (Lipinski definition) is 7. The normalized spacial score (nSPS) is 11.6. The minimum absolute atomic E-state index is 0.0543. The van der Waals surface area contributed by atoms with Crippen molar-refractivity contribution in [3.05, 3.63) is 75.5 Å². The van der Waals surface area contributed by atoms with Crippen LogP contribution < -0.4 is 5.56 Å². The molecule has 2 aromatic carbocycles. The van der Waals surface area contributed by atoms with Gasteiger partial charge in [0.2, 0.25) is 5.78 Å². The predicted octanol–water partition coefficient (Wildman–Crippen LogP) is 5.06. The van der Waals surface area contributed by atoms with Gasteiger partial charge in [-0.3, -0.25) is 13.8 Å². The van der Waals surface area contributed by atoms with Crippen LogP contribution in [0.3, 0.4) is 0 Å². The van der Waals surface area contributed by atoms with Crippen LogP contribution in [0, 0.1) is 0 Å². The third-order valence-corrected chi connectivity index (χ3v) is 7.62. The van der Waals surface area contributed by atoms with E-state index in [0.717, 1.165) is 39.8 Å². The number of ether oxygens (including phenoxy) is 1. The molecule has 9 heteroatoms. The van der Waals surface area contributed by atoms with E-state index in [0.29, 0.717) is 30.1 Å². The Balaban J connectivity index is 1.44. The Labute approximate surface area is 205 Å². The number of rotatable bonds is 9. The van der Waals surface area contributed by atoms with Gasteiger partial charge in [0.25, 0.3) is 5.56 Å². The number of thioether (sulfide) groups is 1. The van der Waals surface area contributed by atoms with Gasteiger partial charge < -0.3 is 4.74 Å². The number of thiazole rings is 1. The summed E-state index contributed by atoms with van der Waals surface area (Å²) < 4.78 is 8.84. The van der Waals surface area contributed by atoms with Crippen LogP contribution in [0.4, 0.5) is 0 Å². The van der Waals surface area contributed by atoms with E-state index in [9.17, 15) is 4.79 Å². The highest BCUT2D eigenvalue weighted by Gasteiger charge is 2.17. The van der Waals surface area contributed by atoms with Crippen LogP contribution in [0.1, 0.15) is 24.6 Å². The molecule has 174 valence electrons. The van der Waals surface area contributed by atoms with Gasteiger partial charge in [-0.25, -0.2) is 4.98 Å². The van der Waals surface area contributed by atoms with Gasteiger partial charge in [0.15, 0.2) is 5.16 Å². The largest absolute Gasteiger partial charge is 0.385 e. The maximum atomic E-state index is 13.1. The molecule has 0 aliphatic heterocycles. The summed E-state index contributed by atoms with van der Waals surface area (Å²) in [6.45, 7) is 3.26. The Morgan fingerprint density at radius 3 is 2.71 bits per heavy atom. The fraction of sp³-hybridized carbons (Fsp3) is 0.280. The summed E-state index contributed by atoms with van der Waals surface area (Å²) in [7, 11) is 1.66. The zero-order valence-electron chi connectivity index (χ0n) is 19.1. The van der Waals surface area contributed by atoms with Crippen molar-refractivity contribution in [2.45, 2.75) is 37.2 Å². The summed E-state index contributed by atoms with van der Waals surface area (Å²) in [5, 5.41) is 13.3. The molecule has 7 nitrogen and oxygen atoms in total. The molecule has 0 radical (unpaired) electrons. The Bertz CT molecular complexity index is 1490. The molecule has 0 aliphatic carbocycles. The predicted molar refractivity (Wildman–Crippen MR) is 138 cm³/mol. The first-order valence-electron chi connectivity index (χ1n) is 11.2. The molecule has 0 aliphatic rings. The highest BCUT2D eigenvalue weighted by Crippen LogP contribution is 2.29. The summed E-state index contributed by atoms with van der Waals surface area (Å²) in [5.74, 6) is 1.22. The number of para-hydroxylation sites is 1. The number of aromatic nitrogens is 5. The number of nitrogens with zero attached hydrogens (tertiary/aromatic N) is 5. The molecule has 0 spiro atoms. The number of fused-ring (bicyclic) bond motifs is 3. The van der Waals surface area contributed by atoms with E-state index in [1.54, 1.807) is 34.8 Å². The molecule has 0 N–H and O–H groups in total. The third kappa shape index (κ3) is 4.38. The maximum absolute atomic E-state index is 13.1. The van der Waals surface area contributed by atoms with Crippen molar-refractivity contribution >= 4 is 39.8 Å². The Morgan fingerprint density at radius 1 is 1.09 bits per heavy atom. The molecule has 0 unspecified atom stereocenters. The fourth-order valence-corrected chi connectivity index (χ4v) is 5.69. The molecule has 0 atom stereocenters. The molecule has 5 aromatic rings. The quantitative estimate of drug-likeness (QED) is 0.212. The second kappa shape index (κ2) is 10.1. The van der Waals surface area contributed by atoms with Gasteiger partial charge in [0.1, 0.15) is 5.01 Å². The zero-order valence-corrected chi connectivity index (χ0v) is 20.7. The molecule has 0 saturated heterocycles. The molecule has 0 saturated carbocycles. The van der Waals surface area contributed by atoms with Crippen LogP contribution in [-0.4, -0.2) is 37.9 Å². The molecular weight excluding hydrogens is 466 g/mol. The van der Waals surface area contributed by atoms with Crippen molar-refractivity contribution in [3.8, 4) is 10.6 Å². The van der Waals surface area contributed by atoms with Crippen molar-refractivity contribution in [3.63, 3.8) is 0 Å². The molecule has 0 fully saturated rings. The average Bonchev–Trinajstić information content (AvgIpc) is 3.52. The van der Waals surface area contributed by atoms with E-state index < -0.39 is 0 Å². The van der Waals surface area contributed by atoms with Crippen molar-refractivity contribution < 1.29 is 4.74 Å². The van der Waals surface area contributed by atoms with Crippen molar-refractivity contribution in [2.75, 3.05) is 13.7 Å². The molecular formula is C25H25N5O2S2. The molecule has 3 heterocycles. The van der Waals surface area contributed by atoms with E-state index in [1.165, 1.54) is 5.56 Å². The summed E-state index contributed by atoms with van der Waals surface area (Å²) in [6.07, 6.45) is 1.75. The van der Waals surface area contributed by atoms with Crippen LogP contribution in [0.15, 0.2) is 63.9 Å². The van der Waals surface area contributed by atoms with E-state index >= 15 is 0 Å². The minimum Gasteiger partial charge on any atom is -0.385 e. The molecule has 0 bridgehead atoms. The van der Waals surface area contributed by atoms with E-state index in [1.807, 2.05) is 28.7 Å². The lowest BCUT2D eigenvalue weighted by atomic mass is 10.1. The molecule has 0 amide bonds. The summed E-state index contributed by atoms with van der Waals surface area (Å²) >= 11 is 3.23. The minimum atomic E-state index is -0.0543. The van der Waals surface area contributed by atoms with Gasteiger partial charge in [-0.2, -0.15) is 0 Å². The maximum Gasteiger partial charge on any atom is 0.262 e.